The van der Waals surface area contributed by atoms with E-state index in [0.717, 1.165) is 49.4 Å². The minimum atomic E-state index is -0.108. The molecular weight excluding hydrogens is 464 g/mol. The van der Waals surface area contributed by atoms with E-state index in [1.165, 1.54) is 44.9 Å². The van der Waals surface area contributed by atoms with Crippen LogP contribution in [0.3, 0.4) is 0 Å². The van der Waals surface area contributed by atoms with E-state index in [1.54, 1.807) is 5.57 Å². The Kier molecular flexibility index (Phi) is 17.6. The summed E-state index contributed by atoms with van der Waals surface area (Å²) in [7, 11) is 0. The van der Waals surface area contributed by atoms with E-state index in [4.69, 9.17) is 0 Å². The predicted molar refractivity (Wildman–Crippen MR) is 169 cm³/mol. The first-order chi connectivity index (χ1) is 18.2. The van der Waals surface area contributed by atoms with Crippen molar-refractivity contribution in [1.29, 1.82) is 0 Å². The third-order valence-electron chi connectivity index (χ3n) is 10.6. The second kappa shape index (κ2) is 17.9. The molecule has 0 aliphatic heterocycles. The van der Waals surface area contributed by atoms with Gasteiger partial charge in [-0.05, 0) is 98.2 Å². The zero-order chi connectivity index (χ0) is 29.7. The molecule has 0 heterocycles. The Balaban J connectivity index is 0.00000157. The molecule has 3 saturated carbocycles. The van der Waals surface area contributed by atoms with Crippen molar-refractivity contribution in [3.8, 4) is 0 Å². The van der Waals surface area contributed by atoms with Gasteiger partial charge in [0, 0.05) is 12.3 Å². The van der Waals surface area contributed by atoms with Gasteiger partial charge in [0.15, 0.2) is 0 Å². The van der Waals surface area contributed by atoms with Crippen LogP contribution in [0.1, 0.15) is 161 Å². The van der Waals surface area contributed by atoms with Crippen molar-refractivity contribution < 1.29 is 9.90 Å². The quantitative estimate of drug-likeness (QED) is 0.356. The number of carbonyl (C=O) groups is 1. The van der Waals surface area contributed by atoms with Crippen molar-refractivity contribution >= 4 is 5.78 Å². The fraction of sp³-hybridized carbons (Fsp3) is 0.917. The predicted octanol–water partition coefficient (Wildman–Crippen LogP) is 11.1. The van der Waals surface area contributed by atoms with Gasteiger partial charge in [0.1, 0.15) is 5.78 Å². The zero-order valence-corrected chi connectivity index (χ0v) is 28.3. The number of Topliss-reactive ketones (excluding diaryl/α,β-unsaturated/α-hetero) is 1. The van der Waals surface area contributed by atoms with Crippen LogP contribution in [0.15, 0.2) is 11.6 Å². The second-order valence-corrected chi connectivity index (χ2v) is 12.4. The fourth-order valence-corrected chi connectivity index (χ4v) is 8.68. The molecule has 4 aliphatic rings. The van der Waals surface area contributed by atoms with Crippen LogP contribution >= 0.6 is 0 Å². The van der Waals surface area contributed by atoms with E-state index < -0.39 is 0 Å². The molecule has 0 aromatic heterocycles. The standard InChI is InChI=1S/C28H46O2.4C2H6/c1-18(2)26(30)12-9-19(3)23-7-6-8-24-22-11-10-20-17-21(29)13-15-27(20,4)25(22)14-16-28(23,24)5;4*1-2/h10,18-19,21-25,29H,6-9,11-17H2,1-5H3;4*1-2H3/t19-,21?,22?,23?,24?,25?,27?,28?;;;;/m1..../s1. The van der Waals surface area contributed by atoms with Crippen LogP contribution in [0, 0.1) is 46.3 Å². The Morgan fingerprint density at radius 2 is 1.50 bits per heavy atom. The highest BCUT2D eigenvalue weighted by Gasteiger charge is 2.57. The number of allylic oxidation sites excluding steroid dienone is 1. The number of carbonyl (C=O) groups excluding carboxylic acids is 1. The lowest BCUT2D eigenvalue weighted by molar-refractivity contribution is -0.123. The number of fused-ring (bicyclic) bond motifs is 5. The summed E-state index contributed by atoms with van der Waals surface area (Å²) in [5, 5.41) is 10.2. The van der Waals surface area contributed by atoms with Gasteiger partial charge in [0.2, 0.25) is 0 Å². The lowest BCUT2D eigenvalue weighted by atomic mass is 9.42. The van der Waals surface area contributed by atoms with Crippen LogP contribution in [-0.2, 0) is 4.79 Å². The molecule has 0 radical (unpaired) electrons. The molecule has 0 amide bonds. The van der Waals surface area contributed by atoms with Gasteiger partial charge < -0.3 is 5.11 Å². The minimum Gasteiger partial charge on any atom is -0.393 e. The normalized spacial score (nSPS) is 35.8. The van der Waals surface area contributed by atoms with E-state index in [0.29, 0.717) is 22.5 Å². The monoisotopic (exact) mass is 535 g/mol. The number of aliphatic hydroxyl groups excluding tert-OH is 1. The Bertz CT molecular complexity index is 679. The van der Waals surface area contributed by atoms with E-state index in [1.807, 2.05) is 69.2 Å². The van der Waals surface area contributed by atoms with Gasteiger partial charge in [0.25, 0.3) is 0 Å². The summed E-state index contributed by atoms with van der Waals surface area (Å²) in [6, 6.07) is 0. The molecule has 2 heteroatoms. The van der Waals surface area contributed by atoms with E-state index >= 15 is 0 Å². The third-order valence-corrected chi connectivity index (χ3v) is 10.6. The highest BCUT2D eigenvalue weighted by molar-refractivity contribution is 5.80. The van der Waals surface area contributed by atoms with Crippen LogP contribution in [-0.4, -0.2) is 17.0 Å². The fourth-order valence-electron chi connectivity index (χ4n) is 8.68. The molecule has 4 rings (SSSR count). The van der Waals surface area contributed by atoms with Crippen molar-refractivity contribution in [2.24, 2.45) is 46.3 Å². The van der Waals surface area contributed by atoms with E-state index in [-0.39, 0.29) is 12.0 Å². The molecule has 0 spiro atoms. The van der Waals surface area contributed by atoms with Crippen LogP contribution in [0.5, 0.6) is 0 Å². The molecule has 0 saturated heterocycles. The molecule has 226 valence electrons. The molecule has 3 fully saturated rings. The first-order valence-corrected chi connectivity index (χ1v) is 17.1. The van der Waals surface area contributed by atoms with Gasteiger partial charge in [-0.3, -0.25) is 4.79 Å². The first kappa shape index (κ1) is 37.4. The molecule has 38 heavy (non-hydrogen) atoms. The van der Waals surface area contributed by atoms with Crippen LogP contribution < -0.4 is 0 Å². The van der Waals surface area contributed by atoms with Gasteiger partial charge in [0.05, 0.1) is 6.10 Å². The Labute approximate surface area is 240 Å². The Morgan fingerprint density at radius 1 is 0.895 bits per heavy atom. The molecule has 0 bridgehead atoms. The number of hydrogen-bond acceptors (Lipinski definition) is 2. The lowest BCUT2D eigenvalue weighted by Crippen LogP contribution is -2.54. The first-order valence-electron chi connectivity index (χ1n) is 17.1. The van der Waals surface area contributed by atoms with Crippen LogP contribution in [0.25, 0.3) is 0 Å². The summed E-state index contributed by atoms with van der Waals surface area (Å²) < 4.78 is 0. The van der Waals surface area contributed by atoms with Crippen molar-refractivity contribution in [1.82, 2.24) is 0 Å². The Hall–Kier alpha value is -0.630. The maximum absolute atomic E-state index is 12.2. The van der Waals surface area contributed by atoms with Crippen LogP contribution in [0.4, 0.5) is 0 Å². The summed E-state index contributed by atoms with van der Waals surface area (Å²) in [6.07, 6.45) is 15.5. The molecule has 4 aliphatic carbocycles. The van der Waals surface area contributed by atoms with Gasteiger partial charge in [-0.1, -0.05) is 108 Å². The average molecular weight is 535 g/mol. The molecule has 0 aromatic rings. The minimum absolute atomic E-state index is 0.108. The number of aliphatic hydroxyl groups is 1. The summed E-state index contributed by atoms with van der Waals surface area (Å²) in [6.45, 7) is 27.7. The highest BCUT2D eigenvalue weighted by Crippen LogP contribution is 2.66. The largest absolute Gasteiger partial charge is 0.393 e. The van der Waals surface area contributed by atoms with Crippen LogP contribution in [0.2, 0.25) is 0 Å². The van der Waals surface area contributed by atoms with E-state index in [2.05, 4.69) is 26.8 Å². The SMILES string of the molecule is CC.CC.CC.CC.CC(C)C(=O)CC[C@@H](C)C1CCCC2C3CC=C4CC(O)CCC4(C)C3CCC21C. The van der Waals surface area contributed by atoms with Crippen molar-refractivity contribution in [2.75, 3.05) is 0 Å². The zero-order valence-electron chi connectivity index (χ0n) is 28.3. The third kappa shape index (κ3) is 8.20. The molecule has 7 unspecified atom stereocenters. The second-order valence-electron chi connectivity index (χ2n) is 12.4. The van der Waals surface area contributed by atoms with Gasteiger partial charge in [-0.15, -0.1) is 0 Å². The molecule has 2 nitrogen and oxygen atoms in total. The van der Waals surface area contributed by atoms with Gasteiger partial charge in [-0.25, -0.2) is 0 Å². The molecule has 0 aromatic carbocycles. The summed E-state index contributed by atoms with van der Waals surface area (Å²) in [5.74, 6) is 4.57. The number of ketones is 1. The Morgan fingerprint density at radius 3 is 2.08 bits per heavy atom. The average Bonchev–Trinajstić information content (AvgIpc) is 2.95. The highest BCUT2D eigenvalue weighted by atomic mass is 16.3. The molecule has 1 N–H and O–H groups in total. The van der Waals surface area contributed by atoms with E-state index in [9.17, 15) is 9.90 Å². The maximum atomic E-state index is 12.2. The van der Waals surface area contributed by atoms with Gasteiger partial charge in [-0.2, -0.15) is 0 Å². The smallest absolute Gasteiger partial charge is 0.135 e. The van der Waals surface area contributed by atoms with Crippen molar-refractivity contribution in [3.05, 3.63) is 11.6 Å². The number of hydrogen-bond donors (Lipinski definition) is 1. The molecular formula is C36H70O2. The molecule has 8 atom stereocenters. The summed E-state index contributed by atoms with van der Waals surface area (Å²) in [5.41, 5.74) is 2.38. The summed E-state index contributed by atoms with van der Waals surface area (Å²) in [4.78, 5) is 12.2. The number of rotatable bonds is 5. The van der Waals surface area contributed by atoms with Crippen molar-refractivity contribution in [2.45, 2.75) is 167 Å². The maximum Gasteiger partial charge on any atom is 0.135 e. The van der Waals surface area contributed by atoms with Gasteiger partial charge >= 0.3 is 0 Å². The topological polar surface area (TPSA) is 37.3 Å². The lowest BCUT2D eigenvalue weighted by Gasteiger charge is -2.62. The summed E-state index contributed by atoms with van der Waals surface area (Å²) >= 11 is 0. The van der Waals surface area contributed by atoms with Crippen molar-refractivity contribution in [3.63, 3.8) is 0 Å².